The summed E-state index contributed by atoms with van der Waals surface area (Å²) in [4.78, 5) is 34.3. The van der Waals surface area contributed by atoms with Gasteiger partial charge in [0, 0.05) is 19.6 Å². The molecule has 0 aromatic rings. The van der Waals surface area contributed by atoms with Gasteiger partial charge in [0.2, 0.25) is 0 Å². The summed E-state index contributed by atoms with van der Waals surface area (Å²) in [5, 5.41) is 20.4. The molecule has 144 valence electrons. The van der Waals surface area contributed by atoms with Crippen molar-refractivity contribution in [1.82, 2.24) is 10.2 Å². The summed E-state index contributed by atoms with van der Waals surface area (Å²) in [5.41, 5.74) is -0.534. The number of rotatable bonds is 2. The Hall–Kier alpha value is -1.83. The second-order valence-corrected chi connectivity index (χ2v) is 7.49. The van der Waals surface area contributed by atoms with Gasteiger partial charge in [0.05, 0.1) is 11.8 Å². The van der Waals surface area contributed by atoms with E-state index in [0.29, 0.717) is 19.5 Å². The molecule has 8 nitrogen and oxygen atoms in total. The third-order valence-electron chi connectivity index (χ3n) is 4.07. The molecule has 2 fully saturated rings. The molecule has 0 aromatic heterocycles. The Morgan fingerprint density at radius 2 is 1.64 bits per heavy atom. The van der Waals surface area contributed by atoms with Crippen LogP contribution in [0.25, 0.3) is 0 Å². The van der Waals surface area contributed by atoms with Crippen LogP contribution in [0.2, 0.25) is 0 Å². The maximum atomic E-state index is 11.7. The number of hydrogen-bond donors (Lipinski definition) is 3. The lowest BCUT2D eigenvalue weighted by molar-refractivity contribution is -0.144. The first-order valence-corrected chi connectivity index (χ1v) is 8.74. The van der Waals surface area contributed by atoms with Crippen molar-refractivity contribution in [3.8, 4) is 0 Å². The zero-order valence-electron chi connectivity index (χ0n) is 15.3. The second kappa shape index (κ2) is 9.60. The number of hydrogen-bond acceptors (Lipinski definition) is 5. The Labute approximate surface area is 148 Å². The summed E-state index contributed by atoms with van der Waals surface area (Å²) in [6, 6.07) is 0. The van der Waals surface area contributed by atoms with Crippen LogP contribution < -0.4 is 5.32 Å². The highest BCUT2D eigenvalue weighted by atomic mass is 16.6. The Kier molecular flexibility index (Phi) is 8.15. The molecule has 3 N–H and O–H groups in total. The highest BCUT2D eigenvalue weighted by molar-refractivity contribution is 5.73. The lowest BCUT2D eigenvalue weighted by Crippen LogP contribution is -2.44. The third kappa shape index (κ3) is 8.20. The average molecular weight is 358 g/mol. The van der Waals surface area contributed by atoms with Gasteiger partial charge in [-0.2, -0.15) is 0 Å². The van der Waals surface area contributed by atoms with Gasteiger partial charge in [-0.05, 0) is 53.0 Å². The van der Waals surface area contributed by atoms with Crippen molar-refractivity contribution in [3.63, 3.8) is 0 Å². The molecule has 2 rings (SSSR count). The molecule has 25 heavy (non-hydrogen) atoms. The molecule has 1 amide bonds. The number of carboxylic acid groups (broad SMARTS) is 2. The van der Waals surface area contributed by atoms with Crippen molar-refractivity contribution >= 4 is 18.0 Å². The van der Waals surface area contributed by atoms with E-state index in [2.05, 4.69) is 5.32 Å². The van der Waals surface area contributed by atoms with E-state index >= 15 is 0 Å². The number of carbonyl (C=O) groups excluding carboxylic acids is 1. The molecule has 2 heterocycles. The van der Waals surface area contributed by atoms with Crippen LogP contribution in [0.4, 0.5) is 4.79 Å². The van der Waals surface area contributed by atoms with Crippen molar-refractivity contribution in [3.05, 3.63) is 0 Å². The number of ether oxygens (including phenoxy) is 1. The number of nitrogens with zero attached hydrogens (tertiary/aromatic N) is 1. The van der Waals surface area contributed by atoms with Crippen LogP contribution in [-0.4, -0.2) is 64.9 Å². The molecule has 2 aliphatic heterocycles. The maximum Gasteiger partial charge on any atom is 0.410 e. The quantitative estimate of drug-likeness (QED) is 0.689. The van der Waals surface area contributed by atoms with Crippen LogP contribution in [0.1, 0.15) is 46.5 Å². The summed E-state index contributed by atoms with van der Waals surface area (Å²) >= 11 is 0. The number of carbonyl (C=O) groups is 3. The van der Waals surface area contributed by atoms with Crippen LogP contribution in [0.15, 0.2) is 0 Å². The van der Waals surface area contributed by atoms with Crippen molar-refractivity contribution in [2.45, 2.75) is 52.1 Å². The van der Waals surface area contributed by atoms with Crippen molar-refractivity contribution < 1.29 is 29.3 Å². The predicted octanol–water partition coefficient (Wildman–Crippen LogP) is 1.79. The van der Waals surface area contributed by atoms with E-state index in [-0.39, 0.29) is 12.5 Å². The van der Waals surface area contributed by atoms with Crippen molar-refractivity contribution in [1.29, 1.82) is 0 Å². The van der Waals surface area contributed by atoms with Gasteiger partial charge in [-0.25, -0.2) is 4.79 Å². The number of likely N-dealkylation sites (tertiary alicyclic amines) is 1. The monoisotopic (exact) mass is 358 g/mol. The van der Waals surface area contributed by atoms with Crippen LogP contribution >= 0.6 is 0 Å². The molecule has 2 aliphatic rings. The van der Waals surface area contributed by atoms with Crippen LogP contribution in [0, 0.1) is 11.8 Å². The molecule has 2 atom stereocenters. The number of piperidine rings is 2. The number of aliphatic carboxylic acids is 2. The Balaban J connectivity index is 0.000000293. The summed E-state index contributed by atoms with van der Waals surface area (Å²) in [7, 11) is 0. The first kappa shape index (κ1) is 21.2. The smallest absolute Gasteiger partial charge is 0.410 e. The van der Waals surface area contributed by atoms with Crippen molar-refractivity contribution in [2.75, 3.05) is 26.2 Å². The molecule has 0 radical (unpaired) electrons. The standard InChI is InChI=1S/C11H19NO4.C6H11NO2/c1-11(2,3)16-10(15)12-6-4-5-8(7-12)9(13)14;8-6(9)5-2-1-3-7-4-5/h8H,4-7H2,1-3H3,(H,13,14);5,7H,1-4H2,(H,8,9)/t8-;5-/m11/s1. The van der Waals surface area contributed by atoms with Gasteiger partial charge in [-0.1, -0.05) is 0 Å². The van der Waals surface area contributed by atoms with E-state index in [0.717, 1.165) is 25.8 Å². The third-order valence-corrected chi connectivity index (χ3v) is 4.07. The fourth-order valence-electron chi connectivity index (χ4n) is 2.73. The minimum Gasteiger partial charge on any atom is -0.481 e. The van der Waals surface area contributed by atoms with Crippen LogP contribution in [-0.2, 0) is 14.3 Å². The zero-order chi connectivity index (χ0) is 19.0. The first-order valence-electron chi connectivity index (χ1n) is 8.74. The van der Waals surface area contributed by atoms with E-state index in [9.17, 15) is 14.4 Å². The maximum absolute atomic E-state index is 11.7. The zero-order valence-corrected chi connectivity index (χ0v) is 15.3. The molecular weight excluding hydrogens is 328 g/mol. The highest BCUT2D eigenvalue weighted by Gasteiger charge is 2.30. The van der Waals surface area contributed by atoms with Gasteiger partial charge in [0.1, 0.15) is 5.60 Å². The molecule has 0 saturated carbocycles. The minimum absolute atomic E-state index is 0.140. The lowest BCUT2D eigenvalue weighted by atomic mass is 9.99. The van der Waals surface area contributed by atoms with Gasteiger partial charge in [-0.3, -0.25) is 9.59 Å². The van der Waals surface area contributed by atoms with E-state index in [1.54, 1.807) is 20.8 Å². The van der Waals surface area contributed by atoms with Gasteiger partial charge in [-0.15, -0.1) is 0 Å². The molecule has 2 saturated heterocycles. The summed E-state index contributed by atoms with van der Waals surface area (Å²) in [5.74, 6) is -2.10. The normalized spacial score (nSPS) is 23.9. The van der Waals surface area contributed by atoms with Gasteiger partial charge in [0.15, 0.2) is 0 Å². The second-order valence-electron chi connectivity index (χ2n) is 7.49. The number of carboxylic acids is 2. The first-order chi connectivity index (χ1) is 11.6. The fraction of sp³-hybridized carbons (Fsp3) is 0.824. The Morgan fingerprint density at radius 3 is 2.08 bits per heavy atom. The molecule has 0 aliphatic carbocycles. The van der Waals surface area contributed by atoms with Crippen LogP contribution in [0.3, 0.4) is 0 Å². The number of amides is 1. The van der Waals surface area contributed by atoms with E-state index < -0.39 is 29.6 Å². The molecule has 0 bridgehead atoms. The molecule has 0 unspecified atom stereocenters. The van der Waals surface area contributed by atoms with Crippen LogP contribution in [0.5, 0.6) is 0 Å². The number of nitrogens with one attached hydrogen (secondary N) is 1. The Bertz CT molecular complexity index is 468. The highest BCUT2D eigenvalue weighted by Crippen LogP contribution is 2.19. The summed E-state index contributed by atoms with van der Waals surface area (Å²) in [6.07, 6.45) is 2.77. The van der Waals surface area contributed by atoms with Gasteiger partial charge < -0.3 is 25.2 Å². The predicted molar refractivity (Wildman–Crippen MR) is 91.4 cm³/mol. The molecule has 8 heteroatoms. The van der Waals surface area contributed by atoms with E-state index in [1.165, 1.54) is 4.90 Å². The van der Waals surface area contributed by atoms with E-state index in [4.69, 9.17) is 14.9 Å². The lowest BCUT2D eigenvalue weighted by Gasteiger charge is -2.32. The summed E-state index contributed by atoms with van der Waals surface area (Å²) in [6.45, 7) is 7.85. The Morgan fingerprint density at radius 1 is 1.04 bits per heavy atom. The van der Waals surface area contributed by atoms with Crippen molar-refractivity contribution in [2.24, 2.45) is 11.8 Å². The largest absolute Gasteiger partial charge is 0.481 e. The van der Waals surface area contributed by atoms with Gasteiger partial charge >= 0.3 is 18.0 Å². The topological polar surface area (TPSA) is 116 Å². The average Bonchev–Trinajstić information content (AvgIpc) is 2.55. The molecular formula is C17H30N2O6. The minimum atomic E-state index is -0.840. The van der Waals surface area contributed by atoms with Gasteiger partial charge in [0.25, 0.3) is 0 Å². The molecule has 0 aromatic carbocycles. The summed E-state index contributed by atoms with van der Waals surface area (Å²) < 4.78 is 5.20. The SMILES string of the molecule is CC(C)(C)OC(=O)N1CCC[C@@H](C(=O)O)C1.O=C(O)[C@@H]1CCCNC1. The fourth-order valence-corrected chi connectivity index (χ4v) is 2.73. The molecule has 0 spiro atoms. The van der Waals surface area contributed by atoms with E-state index in [1.807, 2.05) is 0 Å².